The van der Waals surface area contributed by atoms with Crippen LogP contribution in [-0.2, 0) is 14.8 Å². The minimum atomic E-state index is -3.40. The number of carboxylic acid groups (broad SMARTS) is 1. The molecule has 0 aromatic rings. The number of rotatable bonds is 2. The Kier molecular flexibility index (Phi) is 3.64. The normalized spacial score (nSPS) is 24.3. The monoisotopic (exact) mass is 249 g/mol. The van der Waals surface area contributed by atoms with Gasteiger partial charge in [0.25, 0.3) is 0 Å². The number of carboxylic acids is 1. The Morgan fingerprint density at radius 3 is 2.38 bits per heavy atom. The quantitative estimate of drug-likeness (QED) is 0.789. The third-order valence-electron chi connectivity index (χ3n) is 2.85. The first-order valence-electron chi connectivity index (χ1n) is 5.39. The lowest BCUT2D eigenvalue weighted by Crippen LogP contribution is -2.48. The van der Waals surface area contributed by atoms with Gasteiger partial charge in [-0.05, 0) is 33.6 Å². The molecule has 1 fully saturated rings. The van der Waals surface area contributed by atoms with Crippen LogP contribution >= 0.6 is 0 Å². The van der Waals surface area contributed by atoms with E-state index >= 15 is 0 Å². The molecule has 1 unspecified atom stereocenters. The van der Waals surface area contributed by atoms with Crippen molar-refractivity contribution in [2.75, 3.05) is 13.1 Å². The second kappa shape index (κ2) is 4.33. The standard InChI is InChI=1S/C10H19NO4S/c1-10(2,3)16(14,15)11-6-4-5-8(7-11)9(12)13/h8H,4-7H2,1-3H3,(H,12,13). The van der Waals surface area contributed by atoms with E-state index < -0.39 is 26.7 Å². The van der Waals surface area contributed by atoms with Crippen LogP contribution in [0, 0.1) is 5.92 Å². The van der Waals surface area contributed by atoms with Gasteiger partial charge >= 0.3 is 5.97 Å². The van der Waals surface area contributed by atoms with Gasteiger partial charge in [-0.2, -0.15) is 0 Å². The van der Waals surface area contributed by atoms with Gasteiger partial charge in [0.05, 0.1) is 10.7 Å². The average molecular weight is 249 g/mol. The van der Waals surface area contributed by atoms with Gasteiger partial charge in [0, 0.05) is 13.1 Å². The Hall–Kier alpha value is -0.620. The molecule has 1 saturated heterocycles. The Morgan fingerprint density at radius 2 is 1.94 bits per heavy atom. The molecule has 0 spiro atoms. The molecule has 0 bridgehead atoms. The highest BCUT2D eigenvalue weighted by Gasteiger charge is 2.39. The topological polar surface area (TPSA) is 74.7 Å². The average Bonchev–Trinajstić information content (AvgIpc) is 2.16. The van der Waals surface area contributed by atoms with Gasteiger partial charge in [-0.3, -0.25) is 4.79 Å². The van der Waals surface area contributed by atoms with Crippen molar-refractivity contribution >= 4 is 16.0 Å². The van der Waals surface area contributed by atoms with E-state index in [2.05, 4.69) is 0 Å². The number of aliphatic carboxylic acids is 1. The number of carbonyl (C=O) groups is 1. The molecule has 1 atom stereocenters. The predicted molar refractivity (Wildman–Crippen MR) is 60.6 cm³/mol. The summed E-state index contributed by atoms with van der Waals surface area (Å²) < 4.78 is 24.7. The van der Waals surface area contributed by atoms with E-state index in [1.54, 1.807) is 20.8 Å². The van der Waals surface area contributed by atoms with E-state index in [1.165, 1.54) is 4.31 Å². The first-order valence-corrected chi connectivity index (χ1v) is 6.83. The molecule has 0 saturated carbocycles. The molecule has 5 nitrogen and oxygen atoms in total. The molecule has 0 aromatic heterocycles. The van der Waals surface area contributed by atoms with Crippen LogP contribution in [0.15, 0.2) is 0 Å². The summed E-state index contributed by atoms with van der Waals surface area (Å²) in [6.45, 7) is 5.43. The summed E-state index contributed by atoms with van der Waals surface area (Å²) in [5.74, 6) is -1.47. The Bertz CT molecular complexity index is 369. The van der Waals surface area contributed by atoms with E-state index in [0.717, 1.165) is 0 Å². The fraction of sp³-hybridized carbons (Fsp3) is 0.900. The fourth-order valence-electron chi connectivity index (χ4n) is 1.75. The molecule has 1 aliphatic rings. The van der Waals surface area contributed by atoms with Crippen molar-refractivity contribution in [2.24, 2.45) is 5.92 Å². The zero-order valence-electron chi connectivity index (χ0n) is 9.93. The Morgan fingerprint density at radius 1 is 1.38 bits per heavy atom. The second-order valence-electron chi connectivity index (χ2n) is 5.15. The van der Waals surface area contributed by atoms with Crippen LogP contribution in [0.3, 0.4) is 0 Å². The lowest BCUT2D eigenvalue weighted by Gasteiger charge is -2.34. The SMILES string of the molecule is CC(C)(C)S(=O)(=O)N1CCCC(C(=O)O)C1. The molecule has 0 radical (unpaired) electrons. The van der Waals surface area contributed by atoms with Crippen molar-refractivity contribution in [3.05, 3.63) is 0 Å². The molecule has 0 aromatic carbocycles. The summed E-state index contributed by atoms with van der Waals surface area (Å²) in [5, 5.41) is 8.90. The smallest absolute Gasteiger partial charge is 0.307 e. The van der Waals surface area contributed by atoms with Crippen LogP contribution in [0.4, 0.5) is 0 Å². The molecule has 1 heterocycles. The van der Waals surface area contributed by atoms with Crippen LogP contribution in [0.1, 0.15) is 33.6 Å². The summed E-state index contributed by atoms with van der Waals surface area (Å²) in [5.41, 5.74) is 0. The van der Waals surface area contributed by atoms with E-state index in [-0.39, 0.29) is 6.54 Å². The van der Waals surface area contributed by atoms with E-state index in [4.69, 9.17) is 5.11 Å². The minimum Gasteiger partial charge on any atom is -0.481 e. The molecule has 6 heteroatoms. The van der Waals surface area contributed by atoms with Crippen molar-refractivity contribution < 1.29 is 18.3 Å². The van der Waals surface area contributed by atoms with E-state index in [1.807, 2.05) is 0 Å². The number of nitrogens with zero attached hydrogens (tertiary/aromatic N) is 1. The van der Waals surface area contributed by atoms with E-state index in [0.29, 0.717) is 19.4 Å². The summed E-state index contributed by atoms with van der Waals surface area (Å²) in [4.78, 5) is 10.9. The summed E-state index contributed by atoms with van der Waals surface area (Å²) >= 11 is 0. The van der Waals surface area contributed by atoms with Gasteiger partial charge < -0.3 is 5.11 Å². The lowest BCUT2D eigenvalue weighted by atomic mass is 10.0. The molecule has 1 N–H and O–H groups in total. The third-order valence-corrected chi connectivity index (χ3v) is 5.41. The molecule has 0 amide bonds. The first kappa shape index (κ1) is 13.4. The van der Waals surface area contributed by atoms with Crippen LogP contribution in [-0.4, -0.2) is 41.6 Å². The van der Waals surface area contributed by atoms with Gasteiger partial charge in [0.15, 0.2) is 0 Å². The molecule has 1 aliphatic heterocycles. The summed E-state index contributed by atoms with van der Waals surface area (Å²) in [7, 11) is -3.40. The number of hydrogen-bond acceptors (Lipinski definition) is 3. The van der Waals surface area contributed by atoms with Crippen molar-refractivity contribution in [3.63, 3.8) is 0 Å². The predicted octanol–water partition coefficient (Wildman–Crippen LogP) is 0.911. The maximum atomic E-state index is 12.1. The van der Waals surface area contributed by atoms with Crippen molar-refractivity contribution in [2.45, 2.75) is 38.4 Å². The van der Waals surface area contributed by atoms with Gasteiger partial charge in [-0.25, -0.2) is 12.7 Å². The zero-order valence-corrected chi connectivity index (χ0v) is 10.7. The molecule has 94 valence electrons. The molecule has 16 heavy (non-hydrogen) atoms. The maximum absolute atomic E-state index is 12.1. The van der Waals surface area contributed by atoms with Crippen molar-refractivity contribution in [3.8, 4) is 0 Å². The van der Waals surface area contributed by atoms with Gasteiger partial charge in [0.1, 0.15) is 0 Å². The van der Waals surface area contributed by atoms with Gasteiger partial charge in [-0.1, -0.05) is 0 Å². The fourth-order valence-corrected chi connectivity index (χ4v) is 3.27. The molecular weight excluding hydrogens is 230 g/mol. The summed E-state index contributed by atoms with van der Waals surface area (Å²) in [6, 6.07) is 0. The van der Waals surface area contributed by atoms with Crippen LogP contribution < -0.4 is 0 Å². The highest BCUT2D eigenvalue weighted by molar-refractivity contribution is 7.90. The van der Waals surface area contributed by atoms with Crippen LogP contribution in [0.25, 0.3) is 0 Å². The molecule has 0 aliphatic carbocycles. The zero-order chi connectivity index (χ0) is 12.6. The summed E-state index contributed by atoms with van der Waals surface area (Å²) in [6.07, 6.45) is 1.18. The van der Waals surface area contributed by atoms with Crippen molar-refractivity contribution in [1.82, 2.24) is 4.31 Å². The number of sulfonamides is 1. The van der Waals surface area contributed by atoms with Gasteiger partial charge in [0.2, 0.25) is 10.0 Å². The molecule has 1 rings (SSSR count). The lowest BCUT2D eigenvalue weighted by molar-refractivity contribution is -0.142. The van der Waals surface area contributed by atoms with Crippen LogP contribution in [0.5, 0.6) is 0 Å². The third kappa shape index (κ3) is 2.55. The first-order chi connectivity index (χ1) is 7.16. The molecular formula is C10H19NO4S. The largest absolute Gasteiger partial charge is 0.481 e. The second-order valence-corrected chi connectivity index (χ2v) is 7.84. The number of hydrogen-bond donors (Lipinski definition) is 1. The number of piperidine rings is 1. The van der Waals surface area contributed by atoms with Gasteiger partial charge in [-0.15, -0.1) is 0 Å². The minimum absolute atomic E-state index is 0.106. The van der Waals surface area contributed by atoms with Crippen molar-refractivity contribution in [1.29, 1.82) is 0 Å². The Labute approximate surface area is 96.5 Å². The van der Waals surface area contributed by atoms with E-state index in [9.17, 15) is 13.2 Å². The highest BCUT2D eigenvalue weighted by atomic mass is 32.2. The highest BCUT2D eigenvalue weighted by Crippen LogP contribution is 2.26. The maximum Gasteiger partial charge on any atom is 0.307 e. The van der Waals surface area contributed by atoms with Crippen LogP contribution in [0.2, 0.25) is 0 Å². The Balaban J connectivity index is 2.87.